The largest absolute Gasteiger partial charge is 0.460 e. The van der Waals surface area contributed by atoms with Crippen LogP contribution in [0.15, 0.2) is 12.2 Å². The summed E-state index contributed by atoms with van der Waals surface area (Å²) in [4.78, 5) is 22.7. The molecule has 20 heavy (non-hydrogen) atoms. The second kappa shape index (κ2) is 9.39. The van der Waals surface area contributed by atoms with Gasteiger partial charge in [0.2, 0.25) is 0 Å². The highest BCUT2D eigenvalue weighted by atomic mass is 16.6. The number of nitrogens with one attached hydrogen (secondary N) is 1. The number of hydrogen-bond donors (Lipinski definition) is 1. The summed E-state index contributed by atoms with van der Waals surface area (Å²) in [5.74, 6) is 0.274. The molecule has 1 atom stereocenters. The SMILES string of the molecule is C=C(C)C(=O)OCCNC(=O)OC(CC(C)C)C(C)C. The van der Waals surface area contributed by atoms with Gasteiger partial charge in [0, 0.05) is 5.57 Å². The molecule has 0 aromatic heterocycles. The van der Waals surface area contributed by atoms with Crippen molar-refractivity contribution in [3.63, 3.8) is 0 Å². The van der Waals surface area contributed by atoms with Crippen LogP contribution in [0.5, 0.6) is 0 Å². The zero-order chi connectivity index (χ0) is 15.7. The van der Waals surface area contributed by atoms with Crippen LogP contribution in [0.4, 0.5) is 4.79 Å². The lowest BCUT2D eigenvalue weighted by atomic mass is 9.97. The summed E-state index contributed by atoms with van der Waals surface area (Å²) >= 11 is 0. The van der Waals surface area contributed by atoms with Crippen molar-refractivity contribution >= 4 is 12.1 Å². The van der Waals surface area contributed by atoms with Crippen LogP contribution < -0.4 is 5.32 Å². The van der Waals surface area contributed by atoms with Gasteiger partial charge in [-0.1, -0.05) is 34.3 Å². The Hall–Kier alpha value is -1.52. The van der Waals surface area contributed by atoms with Gasteiger partial charge in [-0.05, 0) is 25.2 Å². The summed E-state index contributed by atoms with van der Waals surface area (Å²) in [7, 11) is 0. The number of carbonyl (C=O) groups excluding carboxylic acids is 2. The quantitative estimate of drug-likeness (QED) is 0.423. The number of esters is 1. The molecular formula is C15H27NO4. The molecule has 1 N–H and O–H groups in total. The summed E-state index contributed by atoms with van der Waals surface area (Å²) in [6.45, 7) is 13.6. The minimum atomic E-state index is -0.476. The number of ether oxygens (including phenoxy) is 2. The lowest BCUT2D eigenvalue weighted by Gasteiger charge is -2.23. The Bertz CT molecular complexity index is 337. The van der Waals surface area contributed by atoms with Gasteiger partial charge in [0.25, 0.3) is 0 Å². The second-order valence-corrected chi connectivity index (χ2v) is 5.66. The third-order valence-corrected chi connectivity index (χ3v) is 2.66. The lowest BCUT2D eigenvalue weighted by Crippen LogP contribution is -2.34. The summed E-state index contributed by atoms with van der Waals surface area (Å²) in [6.07, 6.45) is 0.249. The number of amides is 1. The predicted octanol–water partition coefficient (Wildman–Crippen LogP) is 2.90. The van der Waals surface area contributed by atoms with E-state index in [1.165, 1.54) is 0 Å². The minimum Gasteiger partial charge on any atom is -0.460 e. The van der Waals surface area contributed by atoms with Crippen molar-refractivity contribution in [3.05, 3.63) is 12.2 Å². The smallest absolute Gasteiger partial charge is 0.407 e. The van der Waals surface area contributed by atoms with E-state index in [4.69, 9.17) is 9.47 Å². The second-order valence-electron chi connectivity index (χ2n) is 5.66. The van der Waals surface area contributed by atoms with Gasteiger partial charge in [0.1, 0.15) is 12.7 Å². The van der Waals surface area contributed by atoms with Crippen LogP contribution in [0.3, 0.4) is 0 Å². The van der Waals surface area contributed by atoms with Crippen molar-refractivity contribution in [3.8, 4) is 0 Å². The first-order valence-electron chi connectivity index (χ1n) is 7.01. The highest BCUT2D eigenvalue weighted by molar-refractivity contribution is 5.86. The van der Waals surface area contributed by atoms with E-state index in [-0.39, 0.29) is 25.2 Å². The van der Waals surface area contributed by atoms with Gasteiger partial charge in [0.05, 0.1) is 6.54 Å². The molecule has 0 fully saturated rings. The monoisotopic (exact) mass is 285 g/mol. The van der Waals surface area contributed by atoms with Gasteiger partial charge in [0.15, 0.2) is 0 Å². The maximum atomic E-state index is 11.6. The number of hydrogen-bond acceptors (Lipinski definition) is 4. The molecule has 0 aromatic rings. The van der Waals surface area contributed by atoms with E-state index in [1.54, 1.807) is 6.92 Å². The summed E-state index contributed by atoms with van der Waals surface area (Å²) in [5.41, 5.74) is 0.337. The van der Waals surface area contributed by atoms with Gasteiger partial charge in [-0.15, -0.1) is 0 Å². The van der Waals surface area contributed by atoms with Crippen LogP contribution in [0.1, 0.15) is 41.0 Å². The first-order valence-corrected chi connectivity index (χ1v) is 7.01. The molecule has 0 aliphatic carbocycles. The predicted molar refractivity (Wildman–Crippen MR) is 78.3 cm³/mol. The van der Waals surface area contributed by atoms with E-state index in [1.807, 2.05) is 13.8 Å². The van der Waals surface area contributed by atoms with Crippen LogP contribution in [-0.4, -0.2) is 31.3 Å². The van der Waals surface area contributed by atoms with Gasteiger partial charge in [-0.3, -0.25) is 0 Å². The van der Waals surface area contributed by atoms with Gasteiger partial charge < -0.3 is 14.8 Å². The molecule has 116 valence electrons. The van der Waals surface area contributed by atoms with E-state index in [9.17, 15) is 9.59 Å². The molecule has 0 spiro atoms. The Labute approximate surface area is 121 Å². The standard InChI is InChI=1S/C15H27NO4/c1-10(2)9-13(11(3)4)20-15(18)16-7-8-19-14(17)12(5)6/h10-11,13H,5,7-9H2,1-4,6H3,(H,16,18). The zero-order valence-corrected chi connectivity index (χ0v) is 13.2. The fraction of sp³-hybridized carbons (Fsp3) is 0.733. The molecular weight excluding hydrogens is 258 g/mol. The fourth-order valence-electron chi connectivity index (χ4n) is 1.52. The van der Waals surface area contributed by atoms with Crippen molar-refractivity contribution in [2.45, 2.75) is 47.1 Å². The van der Waals surface area contributed by atoms with Crippen molar-refractivity contribution in [1.29, 1.82) is 0 Å². The van der Waals surface area contributed by atoms with E-state index in [2.05, 4.69) is 25.7 Å². The molecule has 5 nitrogen and oxygen atoms in total. The first-order chi connectivity index (χ1) is 9.23. The van der Waals surface area contributed by atoms with Gasteiger partial charge in [-0.25, -0.2) is 9.59 Å². The Morgan fingerprint density at radius 3 is 2.25 bits per heavy atom. The highest BCUT2D eigenvalue weighted by Gasteiger charge is 2.19. The number of rotatable bonds is 8. The molecule has 1 amide bonds. The molecule has 1 unspecified atom stereocenters. The topological polar surface area (TPSA) is 64.6 Å². The zero-order valence-electron chi connectivity index (χ0n) is 13.2. The Morgan fingerprint density at radius 2 is 1.80 bits per heavy atom. The number of carbonyl (C=O) groups is 2. The van der Waals surface area contributed by atoms with Gasteiger partial charge >= 0.3 is 12.1 Å². The molecule has 0 aliphatic heterocycles. The van der Waals surface area contributed by atoms with Crippen LogP contribution in [0.2, 0.25) is 0 Å². The average molecular weight is 285 g/mol. The van der Waals surface area contributed by atoms with Crippen LogP contribution in [0.25, 0.3) is 0 Å². The molecule has 0 saturated heterocycles. The minimum absolute atomic E-state index is 0.104. The molecule has 0 heterocycles. The van der Waals surface area contributed by atoms with E-state index < -0.39 is 12.1 Å². The normalized spacial score (nSPS) is 12.2. The van der Waals surface area contributed by atoms with Gasteiger partial charge in [-0.2, -0.15) is 0 Å². The Kier molecular flexibility index (Phi) is 8.68. The molecule has 0 saturated carbocycles. The molecule has 5 heteroatoms. The van der Waals surface area contributed by atoms with Crippen molar-refractivity contribution < 1.29 is 19.1 Å². The van der Waals surface area contributed by atoms with Crippen molar-refractivity contribution in [1.82, 2.24) is 5.32 Å². The van der Waals surface area contributed by atoms with Crippen molar-refractivity contribution in [2.24, 2.45) is 11.8 Å². The first kappa shape index (κ1) is 18.5. The van der Waals surface area contributed by atoms with Crippen LogP contribution >= 0.6 is 0 Å². The molecule has 0 bridgehead atoms. The van der Waals surface area contributed by atoms with E-state index >= 15 is 0 Å². The fourth-order valence-corrected chi connectivity index (χ4v) is 1.52. The molecule has 0 rings (SSSR count). The molecule has 0 aliphatic rings. The van der Waals surface area contributed by atoms with E-state index in [0.29, 0.717) is 11.5 Å². The Morgan fingerprint density at radius 1 is 1.20 bits per heavy atom. The van der Waals surface area contributed by atoms with Crippen molar-refractivity contribution in [2.75, 3.05) is 13.2 Å². The maximum Gasteiger partial charge on any atom is 0.407 e. The third kappa shape index (κ3) is 8.56. The summed E-state index contributed by atoms with van der Waals surface area (Å²) in [5, 5.41) is 2.57. The highest BCUT2D eigenvalue weighted by Crippen LogP contribution is 2.16. The third-order valence-electron chi connectivity index (χ3n) is 2.66. The average Bonchev–Trinajstić information content (AvgIpc) is 2.32. The number of alkyl carbamates (subject to hydrolysis) is 1. The summed E-state index contributed by atoms with van der Waals surface area (Å²) in [6, 6.07) is 0. The van der Waals surface area contributed by atoms with Crippen LogP contribution in [-0.2, 0) is 14.3 Å². The van der Waals surface area contributed by atoms with Crippen LogP contribution in [0, 0.1) is 11.8 Å². The molecule has 0 aromatic carbocycles. The lowest BCUT2D eigenvalue weighted by molar-refractivity contribution is -0.138. The summed E-state index contributed by atoms with van der Waals surface area (Å²) < 4.78 is 10.2. The molecule has 0 radical (unpaired) electrons. The maximum absolute atomic E-state index is 11.6. The Balaban J connectivity index is 3.96. The van der Waals surface area contributed by atoms with E-state index in [0.717, 1.165) is 6.42 Å².